The Labute approximate surface area is 706 Å². The normalized spacial score (nSPS) is 14.0. The highest BCUT2D eigenvalue weighted by Gasteiger charge is 2.42. The zero-order valence-electron chi connectivity index (χ0n) is 68.5. The van der Waals surface area contributed by atoms with E-state index in [0.29, 0.717) is 6.42 Å². The van der Waals surface area contributed by atoms with E-state index < -0.39 is 79.8 Å². The van der Waals surface area contributed by atoms with Crippen molar-refractivity contribution >= 4 is 77.1 Å². The molecule has 2 fully saturated rings. The average Bonchev–Trinajstić information content (AvgIpc) is 1.43. The number of benzene rings is 2. The van der Waals surface area contributed by atoms with Gasteiger partial charge in [-0.25, -0.2) is 4.79 Å². The van der Waals surface area contributed by atoms with Gasteiger partial charge in [-0.1, -0.05) is 6.42 Å². The number of urea groups is 1. The summed E-state index contributed by atoms with van der Waals surface area (Å²) in [6, 6.07) is 6.95. The lowest BCUT2D eigenvalue weighted by atomic mass is 9.99. The lowest BCUT2D eigenvalue weighted by Crippen LogP contribution is -2.36. The molecule has 2 aromatic rings. The molecule has 2 aromatic carbocycles. The standard InChI is InChI=1S/C77H122N8O35S/c86-66(4-2-1-3-65-75-62(56-121-65)84-77(100)85-75)78-9-10-83-76(99)61-50-60(63(119-54-69(89)81-13-21-107-29-37-115-45-41-111-33-25-103-17-7-73(95)96)51-64(61)120-55-70(90)82-14-22-108-30-38-116-46-42-112-34-26-104-18-8-74(97)98)57-47-58(117-52-67(87)79-11-19-105-27-35-113-43-39-109-31-23-101-15-5-71(91)92)49-59(48-57)118-53-68(88)80-12-20-106-28-36-114-44-40-110-32-24-102-16-6-72(93)94/h47-51,62,65,75H,1-46,52-56H2,(H,78,86)(H,79,87)(H,80,88)(H,81,89)(H,82,90)(H,83,99)(H,91,92)(H,93,94)(H,95,96)(H,97,98)(H2,84,85,100)/t62-,65-,75-/m0/s1. The summed E-state index contributed by atoms with van der Waals surface area (Å²) < 4.78 is 111. The lowest BCUT2D eigenvalue weighted by molar-refractivity contribution is -0.139. The Balaban J connectivity index is 1.53. The summed E-state index contributed by atoms with van der Waals surface area (Å²) in [5.74, 6) is -6.69. The van der Waals surface area contributed by atoms with Crippen molar-refractivity contribution in [1.82, 2.24) is 42.5 Å². The van der Waals surface area contributed by atoms with Crippen LogP contribution in [0, 0.1) is 0 Å². The van der Waals surface area contributed by atoms with E-state index in [0.717, 1.165) is 18.6 Å². The van der Waals surface area contributed by atoms with Crippen molar-refractivity contribution in [1.29, 1.82) is 0 Å². The molecule has 0 unspecified atom stereocenters. The van der Waals surface area contributed by atoms with Gasteiger partial charge in [-0.3, -0.25) is 47.9 Å². The maximum absolute atomic E-state index is 14.7. The van der Waals surface area contributed by atoms with Gasteiger partial charge in [-0.05, 0) is 36.6 Å². The third-order valence-electron chi connectivity index (χ3n) is 16.4. The van der Waals surface area contributed by atoms with Crippen LogP contribution in [0.25, 0.3) is 11.1 Å². The number of amides is 8. The fraction of sp³-hybridized carbons (Fsp3) is 0.701. The van der Waals surface area contributed by atoms with Gasteiger partial charge in [0, 0.05) is 74.4 Å². The second-order valence-electron chi connectivity index (χ2n) is 25.9. The Bertz CT molecular complexity index is 3190. The number of thioether (sulfide) groups is 1. The van der Waals surface area contributed by atoms with Crippen LogP contribution in [-0.2, 0) is 119 Å². The van der Waals surface area contributed by atoms with E-state index in [4.69, 9.17) is 115 Å². The quantitative estimate of drug-likeness (QED) is 0.0281. The second kappa shape index (κ2) is 69.8. The highest BCUT2D eigenvalue weighted by atomic mass is 32.2. The smallest absolute Gasteiger partial charge is 0.315 e. The molecule has 2 heterocycles. The van der Waals surface area contributed by atoms with Crippen molar-refractivity contribution in [2.45, 2.75) is 68.7 Å². The Morgan fingerprint density at radius 2 is 0.645 bits per heavy atom. The summed E-state index contributed by atoms with van der Waals surface area (Å²) in [4.78, 5) is 136. The van der Waals surface area contributed by atoms with Gasteiger partial charge in [0.1, 0.15) is 23.0 Å². The van der Waals surface area contributed by atoms with Crippen LogP contribution in [0.2, 0.25) is 0 Å². The lowest BCUT2D eigenvalue weighted by Gasteiger charge is -2.19. The predicted molar refractivity (Wildman–Crippen MR) is 427 cm³/mol. The Morgan fingerprint density at radius 1 is 0.331 bits per heavy atom. The predicted octanol–water partition coefficient (Wildman–Crippen LogP) is -0.930. The molecule has 686 valence electrons. The third kappa shape index (κ3) is 55.9. The Kier molecular flexibility index (Phi) is 60.4. The monoisotopic (exact) mass is 1750 g/mol. The Hall–Kier alpha value is -8.68. The average molecular weight is 1750 g/mol. The fourth-order valence-corrected chi connectivity index (χ4v) is 12.0. The molecule has 2 saturated heterocycles. The minimum atomic E-state index is -0.962. The van der Waals surface area contributed by atoms with Crippen LogP contribution in [0.5, 0.6) is 23.0 Å². The van der Waals surface area contributed by atoms with Gasteiger partial charge in [0.15, 0.2) is 26.4 Å². The zero-order chi connectivity index (χ0) is 87.2. The molecule has 44 heteroatoms. The molecule has 2 aliphatic heterocycles. The summed E-state index contributed by atoms with van der Waals surface area (Å²) in [6.07, 6.45) is 1.91. The molecule has 0 aromatic heterocycles. The van der Waals surface area contributed by atoms with Crippen LogP contribution >= 0.6 is 11.8 Å². The highest BCUT2D eigenvalue weighted by Crippen LogP contribution is 2.40. The van der Waals surface area contributed by atoms with E-state index in [1.165, 1.54) is 30.3 Å². The van der Waals surface area contributed by atoms with Crippen molar-refractivity contribution in [3.63, 3.8) is 0 Å². The molecule has 0 bridgehead atoms. The molecule has 12 N–H and O–H groups in total. The van der Waals surface area contributed by atoms with E-state index in [2.05, 4.69) is 42.5 Å². The third-order valence-corrected chi connectivity index (χ3v) is 17.9. The number of fused-ring (bicyclic) bond motifs is 1. The molecule has 4 rings (SSSR count). The molecule has 0 spiro atoms. The van der Waals surface area contributed by atoms with Crippen molar-refractivity contribution < 1.29 is 168 Å². The van der Waals surface area contributed by atoms with Crippen LogP contribution in [0.1, 0.15) is 61.7 Å². The van der Waals surface area contributed by atoms with Gasteiger partial charge in [0.25, 0.3) is 29.5 Å². The topological polar surface area (TPSA) is 550 Å². The summed E-state index contributed by atoms with van der Waals surface area (Å²) in [5, 5.41) is 57.5. The van der Waals surface area contributed by atoms with Crippen molar-refractivity contribution in [3.05, 3.63) is 35.9 Å². The first-order valence-electron chi connectivity index (χ1n) is 40.1. The molecular weight excluding hydrogens is 1630 g/mol. The van der Waals surface area contributed by atoms with E-state index in [-0.39, 0.29) is 352 Å². The number of nitrogens with one attached hydrogen (secondary N) is 8. The van der Waals surface area contributed by atoms with Crippen LogP contribution < -0.4 is 61.5 Å². The minimum Gasteiger partial charge on any atom is -0.484 e. The van der Waals surface area contributed by atoms with Gasteiger partial charge in [0.05, 0.1) is 255 Å². The molecule has 0 radical (unpaired) electrons. The molecule has 43 nitrogen and oxygen atoms in total. The van der Waals surface area contributed by atoms with Gasteiger partial charge < -0.3 is 158 Å². The van der Waals surface area contributed by atoms with E-state index in [1.807, 2.05) is 0 Å². The van der Waals surface area contributed by atoms with Gasteiger partial charge in [-0.15, -0.1) is 0 Å². The number of hydrogen-bond donors (Lipinski definition) is 12. The SMILES string of the molecule is O=C(O)CCOCCOCCOCCOCCNC(=O)COc1cc(OCC(=O)NCCOCCOCCOCCOCCC(=O)O)cc(-c2cc(C(=O)NCCNC(=O)CCCC[C@@H]3SC[C@@H]4NC(=O)N[C@@H]43)c(OCC(=O)NCCOCCOCCOCCOCCC(=O)O)cc2OCC(=O)NCCOCCOCCOCCOCCC(=O)O)c1. The van der Waals surface area contributed by atoms with E-state index in [1.54, 1.807) is 11.8 Å². The molecular formula is C77H122N8O35S. The maximum atomic E-state index is 14.7. The number of carboxylic acids is 4. The van der Waals surface area contributed by atoms with Crippen LogP contribution in [0.4, 0.5) is 4.79 Å². The zero-order valence-corrected chi connectivity index (χ0v) is 69.4. The molecule has 2 aliphatic rings. The maximum Gasteiger partial charge on any atom is 0.315 e. The van der Waals surface area contributed by atoms with Gasteiger partial charge in [0.2, 0.25) is 5.91 Å². The molecule has 121 heavy (non-hydrogen) atoms. The summed E-state index contributed by atoms with van der Waals surface area (Å²) in [6.45, 7) is 4.10. The van der Waals surface area contributed by atoms with Crippen LogP contribution in [0.15, 0.2) is 30.3 Å². The summed E-state index contributed by atoms with van der Waals surface area (Å²) in [5.41, 5.74) is 0.106. The highest BCUT2D eigenvalue weighted by molar-refractivity contribution is 8.00. The number of aliphatic carboxylic acids is 4. The fourth-order valence-electron chi connectivity index (χ4n) is 10.5. The first kappa shape index (κ1) is 105. The Morgan fingerprint density at radius 3 is 1.00 bits per heavy atom. The summed E-state index contributed by atoms with van der Waals surface area (Å²) >= 11 is 1.78. The number of unbranched alkanes of at least 4 members (excludes halogenated alkanes) is 1. The van der Waals surface area contributed by atoms with Crippen LogP contribution in [-0.4, -0.2) is 386 Å². The molecule has 0 saturated carbocycles. The second-order valence-corrected chi connectivity index (χ2v) is 27.2. The number of carbonyl (C=O) groups is 11. The first-order valence-corrected chi connectivity index (χ1v) is 41.2. The van der Waals surface area contributed by atoms with Crippen molar-refractivity contribution in [3.8, 4) is 34.1 Å². The van der Waals surface area contributed by atoms with Gasteiger partial charge in [-0.2, -0.15) is 11.8 Å². The van der Waals surface area contributed by atoms with Crippen molar-refractivity contribution in [2.24, 2.45) is 0 Å². The number of hydrogen-bond acceptors (Lipinski definition) is 32. The number of ether oxygens (including phenoxy) is 20. The van der Waals surface area contributed by atoms with E-state index >= 15 is 0 Å². The van der Waals surface area contributed by atoms with Gasteiger partial charge >= 0.3 is 29.9 Å². The number of carbonyl (C=O) groups excluding carboxylic acids is 7. The van der Waals surface area contributed by atoms with Crippen molar-refractivity contribution in [2.75, 3.05) is 283 Å². The minimum absolute atomic E-state index is 0.00596. The molecule has 8 amide bonds. The molecule has 3 atom stereocenters. The number of carboxylic acid groups (broad SMARTS) is 4. The summed E-state index contributed by atoms with van der Waals surface area (Å²) in [7, 11) is 0. The number of rotatable bonds is 82. The molecule has 0 aliphatic carbocycles. The first-order chi connectivity index (χ1) is 58.9. The van der Waals surface area contributed by atoms with Crippen LogP contribution in [0.3, 0.4) is 0 Å². The largest absolute Gasteiger partial charge is 0.484 e. The van der Waals surface area contributed by atoms with E-state index in [9.17, 15) is 52.7 Å².